The van der Waals surface area contributed by atoms with Crippen molar-refractivity contribution >= 4 is 34.0 Å². The molecule has 0 aliphatic rings. The molecule has 4 rings (SSSR count). The van der Waals surface area contributed by atoms with Gasteiger partial charge in [0, 0.05) is 29.1 Å². The molecule has 6 heteroatoms. The molecule has 2 amide bonds. The summed E-state index contributed by atoms with van der Waals surface area (Å²) < 4.78 is 0. The van der Waals surface area contributed by atoms with Crippen LogP contribution in [0.5, 0.6) is 0 Å². The maximum atomic E-state index is 12.5. The van der Waals surface area contributed by atoms with Gasteiger partial charge in [-0.2, -0.15) is 0 Å². The van der Waals surface area contributed by atoms with E-state index in [0.717, 1.165) is 16.8 Å². The molecule has 0 fully saturated rings. The molecule has 3 aromatic carbocycles. The molecule has 0 spiro atoms. The lowest BCUT2D eigenvalue weighted by Gasteiger charge is -2.05. The Labute approximate surface area is 178 Å². The summed E-state index contributed by atoms with van der Waals surface area (Å²) in [6.45, 7) is 1.44. The first-order valence-corrected chi connectivity index (χ1v) is 10.3. The van der Waals surface area contributed by atoms with Gasteiger partial charge in [-0.25, -0.2) is 4.98 Å². The predicted octanol–water partition coefficient (Wildman–Crippen LogP) is 5.69. The second kappa shape index (κ2) is 8.71. The van der Waals surface area contributed by atoms with Crippen molar-refractivity contribution in [1.82, 2.24) is 4.98 Å². The van der Waals surface area contributed by atoms with Crippen molar-refractivity contribution in [2.24, 2.45) is 0 Å². The Bertz CT molecular complexity index is 1170. The highest BCUT2D eigenvalue weighted by Crippen LogP contribution is 2.28. The molecule has 0 saturated carbocycles. The maximum absolute atomic E-state index is 12.5. The molecule has 148 valence electrons. The van der Waals surface area contributed by atoms with Gasteiger partial charge in [0.1, 0.15) is 0 Å². The minimum absolute atomic E-state index is 0.153. The molecule has 0 unspecified atom stereocenters. The number of nitrogens with zero attached hydrogens (tertiary/aromatic N) is 1. The number of thiazole rings is 1. The largest absolute Gasteiger partial charge is 0.326 e. The lowest BCUT2D eigenvalue weighted by molar-refractivity contribution is -0.114. The van der Waals surface area contributed by atoms with Gasteiger partial charge in [-0.1, -0.05) is 54.6 Å². The van der Waals surface area contributed by atoms with Crippen molar-refractivity contribution in [2.45, 2.75) is 6.92 Å². The van der Waals surface area contributed by atoms with Gasteiger partial charge in [-0.15, -0.1) is 11.3 Å². The molecule has 0 saturated heterocycles. The zero-order valence-electron chi connectivity index (χ0n) is 16.3. The third kappa shape index (κ3) is 4.61. The van der Waals surface area contributed by atoms with E-state index in [1.54, 1.807) is 24.3 Å². The smallest absolute Gasteiger partial charge is 0.257 e. The minimum Gasteiger partial charge on any atom is -0.326 e. The quantitative estimate of drug-likeness (QED) is 0.442. The van der Waals surface area contributed by atoms with Gasteiger partial charge >= 0.3 is 0 Å². The predicted molar refractivity (Wildman–Crippen MR) is 122 cm³/mol. The molecule has 1 aromatic heterocycles. The molecular weight excluding hydrogens is 394 g/mol. The van der Waals surface area contributed by atoms with E-state index < -0.39 is 0 Å². The zero-order valence-corrected chi connectivity index (χ0v) is 17.1. The standard InChI is InChI=1S/C24H19N3O2S/c1-16(28)25-21-13-11-20(12-14-21)23(29)27-24-26-22(15-30-24)19-9-7-18(8-10-19)17-5-3-2-4-6-17/h2-15H,1H3,(H,25,28)(H,26,27,29). The van der Waals surface area contributed by atoms with Crippen molar-refractivity contribution < 1.29 is 9.59 Å². The molecular formula is C24H19N3O2S. The monoisotopic (exact) mass is 413 g/mol. The summed E-state index contributed by atoms with van der Waals surface area (Å²) in [7, 11) is 0. The van der Waals surface area contributed by atoms with Gasteiger partial charge in [-0.05, 0) is 35.4 Å². The normalized spacial score (nSPS) is 10.4. The highest BCUT2D eigenvalue weighted by molar-refractivity contribution is 7.14. The summed E-state index contributed by atoms with van der Waals surface area (Å²) in [5, 5.41) is 7.96. The summed E-state index contributed by atoms with van der Waals surface area (Å²) in [4.78, 5) is 28.1. The summed E-state index contributed by atoms with van der Waals surface area (Å²) in [6.07, 6.45) is 0. The lowest BCUT2D eigenvalue weighted by Crippen LogP contribution is -2.12. The van der Waals surface area contributed by atoms with Crippen LogP contribution in [0.15, 0.2) is 84.2 Å². The maximum Gasteiger partial charge on any atom is 0.257 e. The summed E-state index contributed by atoms with van der Waals surface area (Å²) in [6, 6.07) is 25.1. The summed E-state index contributed by atoms with van der Waals surface area (Å²) >= 11 is 1.38. The lowest BCUT2D eigenvalue weighted by atomic mass is 10.0. The van der Waals surface area contributed by atoms with Crippen molar-refractivity contribution in [1.29, 1.82) is 0 Å². The van der Waals surface area contributed by atoms with Crippen LogP contribution in [0.2, 0.25) is 0 Å². The van der Waals surface area contributed by atoms with Gasteiger partial charge in [0.15, 0.2) is 5.13 Å². The van der Waals surface area contributed by atoms with E-state index >= 15 is 0 Å². The Balaban J connectivity index is 1.44. The van der Waals surface area contributed by atoms with Crippen LogP contribution in [-0.2, 0) is 4.79 Å². The second-order valence-electron chi connectivity index (χ2n) is 6.69. The van der Waals surface area contributed by atoms with E-state index in [-0.39, 0.29) is 11.8 Å². The highest BCUT2D eigenvalue weighted by atomic mass is 32.1. The van der Waals surface area contributed by atoms with E-state index in [0.29, 0.717) is 16.4 Å². The Hall–Kier alpha value is -3.77. The number of hydrogen-bond donors (Lipinski definition) is 2. The average Bonchev–Trinajstić information content (AvgIpc) is 3.23. The van der Waals surface area contributed by atoms with Gasteiger partial charge in [0.25, 0.3) is 5.91 Å². The zero-order chi connectivity index (χ0) is 20.9. The van der Waals surface area contributed by atoms with E-state index in [4.69, 9.17) is 0 Å². The van der Waals surface area contributed by atoms with Gasteiger partial charge in [0.2, 0.25) is 5.91 Å². The third-order valence-electron chi connectivity index (χ3n) is 4.48. The van der Waals surface area contributed by atoms with Gasteiger partial charge < -0.3 is 5.32 Å². The molecule has 0 atom stereocenters. The highest BCUT2D eigenvalue weighted by Gasteiger charge is 2.10. The SMILES string of the molecule is CC(=O)Nc1ccc(C(=O)Nc2nc(-c3ccc(-c4ccccc4)cc3)cs2)cc1. The Morgan fingerprint density at radius 2 is 1.40 bits per heavy atom. The number of aromatic nitrogens is 1. The fraction of sp³-hybridized carbons (Fsp3) is 0.0417. The topological polar surface area (TPSA) is 71.1 Å². The van der Waals surface area contributed by atoms with Gasteiger partial charge in [-0.3, -0.25) is 14.9 Å². The second-order valence-corrected chi connectivity index (χ2v) is 7.55. The van der Waals surface area contributed by atoms with Crippen molar-refractivity contribution in [2.75, 3.05) is 10.6 Å². The molecule has 1 heterocycles. The number of nitrogens with one attached hydrogen (secondary N) is 2. The molecule has 5 nitrogen and oxygen atoms in total. The molecule has 0 aliphatic carbocycles. The first-order valence-electron chi connectivity index (χ1n) is 9.39. The first kappa shape index (κ1) is 19.5. The molecule has 0 bridgehead atoms. The molecule has 0 aliphatic heterocycles. The number of benzene rings is 3. The average molecular weight is 414 g/mol. The van der Waals surface area contributed by atoms with Crippen LogP contribution in [0.3, 0.4) is 0 Å². The van der Waals surface area contributed by atoms with Crippen LogP contribution in [0.1, 0.15) is 17.3 Å². The molecule has 30 heavy (non-hydrogen) atoms. The Kier molecular flexibility index (Phi) is 5.68. The number of amides is 2. The van der Waals surface area contributed by atoms with Crippen LogP contribution in [0.25, 0.3) is 22.4 Å². The van der Waals surface area contributed by atoms with E-state index in [9.17, 15) is 9.59 Å². The number of rotatable bonds is 5. The van der Waals surface area contributed by atoms with Crippen LogP contribution in [-0.4, -0.2) is 16.8 Å². The van der Waals surface area contributed by atoms with Crippen LogP contribution in [0, 0.1) is 0 Å². The van der Waals surface area contributed by atoms with Crippen LogP contribution in [0.4, 0.5) is 10.8 Å². The minimum atomic E-state index is -0.246. The van der Waals surface area contributed by atoms with E-state index in [1.165, 1.54) is 23.8 Å². The Morgan fingerprint density at radius 1 is 0.767 bits per heavy atom. The summed E-state index contributed by atoms with van der Waals surface area (Å²) in [5.41, 5.74) is 5.26. The fourth-order valence-electron chi connectivity index (χ4n) is 3.01. The number of anilines is 2. The summed E-state index contributed by atoms with van der Waals surface area (Å²) in [5.74, 6) is -0.399. The number of hydrogen-bond acceptors (Lipinski definition) is 4. The number of carbonyl (C=O) groups is 2. The number of carbonyl (C=O) groups excluding carboxylic acids is 2. The van der Waals surface area contributed by atoms with E-state index in [1.807, 2.05) is 35.7 Å². The van der Waals surface area contributed by atoms with E-state index in [2.05, 4.69) is 39.9 Å². The fourth-order valence-corrected chi connectivity index (χ4v) is 3.72. The first-order chi connectivity index (χ1) is 14.6. The van der Waals surface area contributed by atoms with Gasteiger partial charge in [0.05, 0.1) is 5.69 Å². The van der Waals surface area contributed by atoms with Crippen LogP contribution < -0.4 is 10.6 Å². The molecule has 2 N–H and O–H groups in total. The van der Waals surface area contributed by atoms with Crippen molar-refractivity contribution in [3.05, 3.63) is 89.8 Å². The third-order valence-corrected chi connectivity index (χ3v) is 5.24. The van der Waals surface area contributed by atoms with Crippen molar-refractivity contribution in [3.63, 3.8) is 0 Å². The molecule has 0 radical (unpaired) electrons. The van der Waals surface area contributed by atoms with Crippen molar-refractivity contribution in [3.8, 4) is 22.4 Å². The molecule has 4 aromatic rings. The van der Waals surface area contributed by atoms with Crippen LogP contribution >= 0.6 is 11.3 Å². The Morgan fingerprint density at radius 3 is 2.07 bits per heavy atom.